The third-order valence-electron chi connectivity index (χ3n) is 2.85. The molecule has 0 atom stereocenters. The summed E-state index contributed by atoms with van der Waals surface area (Å²) < 4.78 is 5.43. The first-order valence-corrected chi connectivity index (χ1v) is 8.77. The molecule has 1 aromatic carbocycles. The summed E-state index contributed by atoms with van der Waals surface area (Å²) in [5, 5.41) is 1.57. The van der Waals surface area contributed by atoms with Crippen molar-refractivity contribution in [1.29, 1.82) is 0 Å². The van der Waals surface area contributed by atoms with E-state index in [9.17, 15) is 0 Å². The number of fused-ring (bicyclic) bond motifs is 1. The van der Waals surface area contributed by atoms with E-state index >= 15 is 0 Å². The minimum atomic E-state index is -1.13. The number of hydrogen-bond acceptors (Lipinski definition) is 1. The molecule has 1 heterocycles. The Labute approximate surface area is 87.1 Å². The van der Waals surface area contributed by atoms with Crippen molar-refractivity contribution in [2.45, 2.75) is 32.7 Å². The Morgan fingerprint density at radius 3 is 2.64 bits per heavy atom. The average Bonchev–Trinajstić information content (AvgIpc) is 2.16. The van der Waals surface area contributed by atoms with Gasteiger partial charge in [-0.15, -0.1) is 0 Å². The second kappa shape index (κ2) is 3.52. The third kappa shape index (κ3) is 1.91. The molecule has 76 valence electrons. The van der Waals surface area contributed by atoms with Crippen LogP contribution < -0.4 is 5.19 Å². The van der Waals surface area contributed by atoms with Crippen molar-refractivity contribution in [3.8, 4) is 0 Å². The molecule has 0 spiro atoms. The van der Waals surface area contributed by atoms with Gasteiger partial charge >= 0.3 is 0 Å². The molecule has 1 nitrogen and oxygen atoms in total. The first-order valence-electron chi connectivity index (χ1n) is 5.27. The fraction of sp³-hybridized carbons (Fsp3) is 0.500. The van der Waals surface area contributed by atoms with Crippen molar-refractivity contribution >= 4 is 13.3 Å². The van der Waals surface area contributed by atoms with Gasteiger partial charge in [-0.25, -0.2) is 0 Å². The monoisotopic (exact) mass is 206 g/mol. The van der Waals surface area contributed by atoms with Gasteiger partial charge in [0.15, 0.2) is 0 Å². The van der Waals surface area contributed by atoms with Gasteiger partial charge in [-0.3, -0.25) is 0 Å². The minimum Gasteiger partial charge on any atom is -0.376 e. The largest absolute Gasteiger partial charge is 0.376 e. The van der Waals surface area contributed by atoms with Crippen LogP contribution in [0.4, 0.5) is 0 Å². The van der Waals surface area contributed by atoms with Crippen LogP contribution in [-0.4, -0.2) is 14.7 Å². The lowest BCUT2D eigenvalue weighted by Gasteiger charge is -2.22. The summed E-state index contributed by atoms with van der Waals surface area (Å²) >= 11 is 0. The molecule has 0 unspecified atom stereocenters. The quantitative estimate of drug-likeness (QED) is 0.641. The van der Waals surface area contributed by atoms with Crippen molar-refractivity contribution in [2.24, 2.45) is 0 Å². The Morgan fingerprint density at radius 2 is 1.93 bits per heavy atom. The minimum absolute atomic E-state index is 0.807. The van der Waals surface area contributed by atoms with Crippen molar-refractivity contribution in [1.82, 2.24) is 0 Å². The van der Waals surface area contributed by atoms with Crippen LogP contribution in [0.25, 0.3) is 0 Å². The first kappa shape index (κ1) is 9.93. The lowest BCUT2D eigenvalue weighted by atomic mass is 10.0. The van der Waals surface area contributed by atoms with Crippen LogP contribution in [-0.2, 0) is 17.8 Å². The molecule has 14 heavy (non-hydrogen) atoms. The lowest BCUT2D eigenvalue weighted by molar-refractivity contribution is 0.111. The highest BCUT2D eigenvalue weighted by Gasteiger charge is 2.18. The van der Waals surface area contributed by atoms with Crippen LogP contribution in [0.3, 0.4) is 0 Å². The molecule has 1 aromatic rings. The molecule has 0 radical (unpaired) electrons. The van der Waals surface area contributed by atoms with E-state index < -0.39 is 8.07 Å². The van der Waals surface area contributed by atoms with E-state index in [-0.39, 0.29) is 0 Å². The molecule has 0 amide bonds. The van der Waals surface area contributed by atoms with Gasteiger partial charge in [0.05, 0.1) is 21.3 Å². The van der Waals surface area contributed by atoms with E-state index in [1.807, 2.05) is 0 Å². The van der Waals surface area contributed by atoms with Crippen LogP contribution >= 0.6 is 0 Å². The Bertz CT molecular complexity index is 339. The predicted molar refractivity (Wildman–Crippen MR) is 62.8 cm³/mol. The summed E-state index contributed by atoms with van der Waals surface area (Å²) in [7, 11) is -1.13. The second-order valence-electron chi connectivity index (χ2n) is 5.04. The Kier molecular flexibility index (Phi) is 2.50. The van der Waals surface area contributed by atoms with E-state index in [0.717, 1.165) is 19.6 Å². The van der Waals surface area contributed by atoms with E-state index in [1.165, 1.54) is 11.1 Å². The number of rotatable bonds is 1. The lowest BCUT2D eigenvalue weighted by Crippen LogP contribution is -2.38. The Hall–Kier alpha value is -0.603. The summed E-state index contributed by atoms with van der Waals surface area (Å²) in [6.07, 6.45) is 1.09. The maximum Gasteiger partial charge on any atom is 0.0776 e. The zero-order valence-electron chi connectivity index (χ0n) is 9.26. The fourth-order valence-electron chi connectivity index (χ4n) is 1.83. The van der Waals surface area contributed by atoms with E-state index in [0.29, 0.717) is 0 Å². The molecule has 0 saturated heterocycles. The van der Waals surface area contributed by atoms with Crippen molar-refractivity contribution in [3.05, 3.63) is 29.3 Å². The molecule has 2 rings (SSSR count). The molecule has 0 aromatic heterocycles. The highest BCUT2D eigenvalue weighted by molar-refractivity contribution is 6.88. The van der Waals surface area contributed by atoms with E-state index in [4.69, 9.17) is 4.74 Å². The van der Waals surface area contributed by atoms with Crippen molar-refractivity contribution < 1.29 is 4.74 Å². The predicted octanol–water partition coefficient (Wildman–Crippen LogP) is 2.30. The normalized spacial score (nSPS) is 16.5. The molecule has 0 N–H and O–H groups in total. The van der Waals surface area contributed by atoms with Gasteiger partial charge in [0.25, 0.3) is 0 Å². The van der Waals surface area contributed by atoms with Gasteiger partial charge in [-0.1, -0.05) is 43.0 Å². The van der Waals surface area contributed by atoms with Crippen molar-refractivity contribution in [2.75, 3.05) is 6.61 Å². The molecule has 2 heteroatoms. The van der Waals surface area contributed by atoms with Crippen LogP contribution in [0, 0.1) is 0 Å². The van der Waals surface area contributed by atoms with Crippen LogP contribution in [0.2, 0.25) is 19.6 Å². The van der Waals surface area contributed by atoms with Gasteiger partial charge < -0.3 is 4.74 Å². The van der Waals surface area contributed by atoms with Crippen molar-refractivity contribution in [3.63, 3.8) is 0 Å². The van der Waals surface area contributed by atoms with Gasteiger partial charge in [0, 0.05) is 0 Å². The molecular weight excluding hydrogens is 188 g/mol. The average molecular weight is 206 g/mol. The maximum absolute atomic E-state index is 5.43. The molecule has 0 aliphatic carbocycles. The summed E-state index contributed by atoms with van der Waals surface area (Å²) in [4.78, 5) is 0. The highest BCUT2D eigenvalue weighted by Crippen LogP contribution is 2.16. The topological polar surface area (TPSA) is 9.23 Å². The van der Waals surface area contributed by atoms with Crippen LogP contribution in [0.1, 0.15) is 11.1 Å². The SMILES string of the molecule is C[Si](C)(C)c1ccc2c(c1)CCOC2. The maximum atomic E-state index is 5.43. The zero-order chi connectivity index (χ0) is 10.2. The van der Waals surface area contributed by atoms with Gasteiger partial charge in [-0.05, 0) is 17.5 Å². The third-order valence-corrected chi connectivity index (χ3v) is 4.89. The molecule has 1 aliphatic heterocycles. The Morgan fingerprint density at radius 1 is 1.14 bits per heavy atom. The molecule has 1 aliphatic rings. The Balaban J connectivity index is 2.39. The molecule has 0 bridgehead atoms. The highest BCUT2D eigenvalue weighted by atomic mass is 28.3. The van der Waals surface area contributed by atoms with Crippen LogP contribution in [0.15, 0.2) is 18.2 Å². The number of ether oxygens (including phenoxy) is 1. The number of benzene rings is 1. The summed E-state index contributed by atoms with van der Waals surface area (Å²) in [6, 6.07) is 6.95. The standard InChI is InChI=1S/C12H18OSi/c1-14(2,3)12-5-4-11-9-13-7-6-10(11)8-12/h4-5,8H,6-7,9H2,1-3H3. The summed E-state index contributed by atoms with van der Waals surface area (Å²) in [5.41, 5.74) is 2.90. The van der Waals surface area contributed by atoms with Gasteiger partial charge in [-0.2, -0.15) is 0 Å². The summed E-state index contributed by atoms with van der Waals surface area (Å²) in [6.45, 7) is 8.89. The fourth-order valence-corrected chi connectivity index (χ4v) is 3.02. The first-order chi connectivity index (χ1) is 6.57. The molecule has 0 fully saturated rings. The van der Waals surface area contributed by atoms with E-state index in [1.54, 1.807) is 5.19 Å². The number of hydrogen-bond donors (Lipinski definition) is 0. The molecular formula is C12H18OSi. The smallest absolute Gasteiger partial charge is 0.0776 e. The zero-order valence-corrected chi connectivity index (χ0v) is 10.3. The second-order valence-corrected chi connectivity index (χ2v) is 10.1. The summed E-state index contributed by atoms with van der Waals surface area (Å²) in [5.74, 6) is 0. The van der Waals surface area contributed by atoms with Gasteiger partial charge in [0.2, 0.25) is 0 Å². The van der Waals surface area contributed by atoms with Gasteiger partial charge in [0.1, 0.15) is 0 Å². The molecule has 0 saturated carbocycles. The van der Waals surface area contributed by atoms with E-state index in [2.05, 4.69) is 37.8 Å². The van der Waals surface area contributed by atoms with Crippen LogP contribution in [0.5, 0.6) is 0 Å².